The first-order chi connectivity index (χ1) is 11.9. The summed E-state index contributed by atoms with van der Waals surface area (Å²) in [6.07, 6.45) is -1.31. The zero-order chi connectivity index (χ0) is 18.1. The Bertz CT molecular complexity index is 1000. The number of rotatable bonds is 4. The van der Waals surface area contributed by atoms with Gasteiger partial charge in [0.05, 0.1) is 11.4 Å². The number of hydrogen-bond acceptors (Lipinski definition) is 5. The molecule has 1 aromatic heterocycles. The molecule has 2 aromatic carbocycles. The van der Waals surface area contributed by atoms with E-state index in [1.165, 1.54) is 6.92 Å². The fourth-order valence-electron chi connectivity index (χ4n) is 2.41. The summed E-state index contributed by atoms with van der Waals surface area (Å²) >= 11 is 5.90. The van der Waals surface area contributed by atoms with Crippen molar-refractivity contribution >= 4 is 28.5 Å². The highest BCUT2D eigenvalue weighted by Gasteiger charge is 2.20. The second kappa shape index (κ2) is 6.61. The summed E-state index contributed by atoms with van der Waals surface area (Å²) in [6.45, 7) is 3.17. The molecule has 0 aliphatic carbocycles. The van der Waals surface area contributed by atoms with E-state index in [0.29, 0.717) is 21.6 Å². The van der Waals surface area contributed by atoms with Crippen molar-refractivity contribution in [2.75, 3.05) is 0 Å². The summed E-state index contributed by atoms with van der Waals surface area (Å²) in [5.74, 6) is -1.45. The minimum atomic E-state index is -1.43. The smallest absolute Gasteiger partial charge is 0.235 e. The van der Waals surface area contributed by atoms with Crippen LogP contribution in [0.5, 0.6) is 5.75 Å². The topological polar surface area (TPSA) is 79.6 Å². The molecular formula is C19H14ClO5-. The van der Waals surface area contributed by atoms with Crippen molar-refractivity contribution in [1.82, 2.24) is 0 Å². The molecule has 0 aliphatic heterocycles. The fraction of sp³-hybridized carbons (Fsp3) is 0.158. The Morgan fingerprint density at radius 1 is 1.20 bits per heavy atom. The third-order valence-corrected chi connectivity index (χ3v) is 3.99. The van der Waals surface area contributed by atoms with Gasteiger partial charge in [0.15, 0.2) is 5.76 Å². The van der Waals surface area contributed by atoms with Crippen molar-refractivity contribution in [2.24, 2.45) is 0 Å². The molecule has 1 atom stereocenters. The predicted molar refractivity (Wildman–Crippen MR) is 92.8 cm³/mol. The minimum absolute atomic E-state index is 0.146. The Morgan fingerprint density at radius 3 is 2.52 bits per heavy atom. The molecule has 1 heterocycles. The van der Waals surface area contributed by atoms with Gasteiger partial charge < -0.3 is 19.1 Å². The second-order valence-electron chi connectivity index (χ2n) is 5.68. The largest absolute Gasteiger partial charge is 0.546 e. The van der Waals surface area contributed by atoms with E-state index in [9.17, 15) is 14.7 Å². The number of carbonyl (C=O) groups excluding carboxylic acids is 1. The van der Waals surface area contributed by atoms with E-state index in [1.54, 1.807) is 42.5 Å². The van der Waals surface area contributed by atoms with Crippen molar-refractivity contribution in [3.63, 3.8) is 0 Å². The summed E-state index contributed by atoms with van der Waals surface area (Å²) in [5, 5.41) is 11.9. The molecule has 3 rings (SSSR count). The molecular weight excluding hydrogens is 344 g/mol. The number of aliphatic carboxylic acids is 1. The van der Waals surface area contributed by atoms with Crippen LogP contribution in [-0.2, 0) is 4.79 Å². The number of fused-ring (bicyclic) bond motifs is 1. The van der Waals surface area contributed by atoms with Crippen LogP contribution in [0.2, 0.25) is 5.02 Å². The first-order valence-electron chi connectivity index (χ1n) is 7.57. The average Bonchev–Trinajstić information content (AvgIpc) is 2.57. The van der Waals surface area contributed by atoms with E-state index >= 15 is 0 Å². The Balaban J connectivity index is 2.29. The van der Waals surface area contributed by atoms with Crippen LogP contribution in [0.4, 0.5) is 0 Å². The van der Waals surface area contributed by atoms with E-state index in [-0.39, 0.29) is 11.5 Å². The van der Waals surface area contributed by atoms with Crippen LogP contribution in [0.25, 0.3) is 22.3 Å². The summed E-state index contributed by atoms with van der Waals surface area (Å²) in [4.78, 5) is 23.9. The molecule has 6 heteroatoms. The molecule has 0 aliphatic rings. The average molecular weight is 358 g/mol. The van der Waals surface area contributed by atoms with Gasteiger partial charge in [0, 0.05) is 10.6 Å². The maximum absolute atomic E-state index is 12.8. The van der Waals surface area contributed by atoms with Gasteiger partial charge >= 0.3 is 0 Å². The molecule has 3 aromatic rings. The molecule has 0 saturated heterocycles. The zero-order valence-electron chi connectivity index (χ0n) is 13.5. The van der Waals surface area contributed by atoms with Gasteiger partial charge in [-0.1, -0.05) is 17.7 Å². The second-order valence-corrected chi connectivity index (χ2v) is 6.11. The van der Waals surface area contributed by atoms with Crippen LogP contribution in [0, 0.1) is 6.92 Å². The van der Waals surface area contributed by atoms with Gasteiger partial charge in [-0.2, -0.15) is 0 Å². The van der Waals surface area contributed by atoms with Gasteiger partial charge in [0.2, 0.25) is 11.2 Å². The predicted octanol–water partition coefficient (Wildman–Crippen LogP) is 2.94. The lowest BCUT2D eigenvalue weighted by molar-refractivity contribution is -0.312. The highest BCUT2D eigenvalue weighted by atomic mass is 35.5. The van der Waals surface area contributed by atoms with Crippen LogP contribution < -0.4 is 15.3 Å². The number of ether oxygens (including phenoxy) is 1. The summed E-state index contributed by atoms with van der Waals surface area (Å²) in [7, 11) is 0. The van der Waals surface area contributed by atoms with Crippen LogP contribution in [0.1, 0.15) is 12.5 Å². The van der Waals surface area contributed by atoms with E-state index in [1.807, 2.05) is 6.92 Å². The van der Waals surface area contributed by atoms with Gasteiger partial charge in [0.25, 0.3) is 0 Å². The maximum atomic E-state index is 12.8. The van der Waals surface area contributed by atoms with Crippen LogP contribution in [-0.4, -0.2) is 12.1 Å². The van der Waals surface area contributed by atoms with Crippen molar-refractivity contribution in [2.45, 2.75) is 20.0 Å². The van der Waals surface area contributed by atoms with Crippen LogP contribution in [0.15, 0.2) is 51.7 Å². The lowest BCUT2D eigenvalue weighted by atomic mass is 10.1. The Morgan fingerprint density at radius 2 is 1.88 bits per heavy atom. The lowest BCUT2D eigenvalue weighted by Gasteiger charge is -2.17. The summed E-state index contributed by atoms with van der Waals surface area (Å²) in [6, 6.07) is 11.7. The SMILES string of the molecule is Cc1ccc2c(=O)c(O[C@H](C)C(=O)[O-])c(-c3ccc(Cl)cc3)oc2c1. The molecule has 128 valence electrons. The normalized spacial score (nSPS) is 12.1. The standard InChI is InChI=1S/C19H15ClO5/c1-10-3-8-14-15(9-10)25-17(12-4-6-13(20)7-5-12)18(16(14)21)24-11(2)19(22)23/h3-9,11H,1-2H3,(H,22,23)/p-1/t11-/m1/s1. The number of halogens is 1. The number of hydrogen-bond donors (Lipinski definition) is 0. The van der Waals surface area contributed by atoms with E-state index in [4.69, 9.17) is 20.8 Å². The van der Waals surface area contributed by atoms with Crippen molar-refractivity contribution < 1.29 is 19.1 Å². The van der Waals surface area contributed by atoms with Gasteiger partial charge in [-0.25, -0.2) is 0 Å². The highest BCUT2D eigenvalue weighted by molar-refractivity contribution is 6.30. The molecule has 0 saturated carbocycles. The van der Waals surface area contributed by atoms with Crippen LogP contribution >= 0.6 is 11.6 Å². The fourth-order valence-corrected chi connectivity index (χ4v) is 2.53. The first kappa shape index (κ1) is 17.0. The van der Waals surface area contributed by atoms with Crippen molar-refractivity contribution in [3.8, 4) is 17.1 Å². The molecule has 0 fully saturated rings. The third kappa shape index (κ3) is 3.37. The molecule has 0 unspecified atom stereocenters. The van der Waals surface area contributed by atoms with Crippen molar-refractivity contribution in [3.05, 3.63) is 63.3 Å². The van der Waals surface area contributed by atoms with Gasteiger partial charge in [-0.3, -0.25) is 4.79 Å². The molecule has 5 nitrogen and oxygen atoms in total. The van der Waals surface area contributed by atoms with E-state index < -0.39 is 17.5 Å². The third-order valence-electron chi connectivity index (χ3n) is 3.74. The summed E-state index contributed by atoms with van der Waals surface area (Å²) in [5.41, 5.74) is 1.42. The van der Waals surface area contributed by atoms with Gasteiger partial charge in [-0.15, -0.1) is 0 Å². The molecule has 0 bridgehead atoms. The maximum Gasteiger partial charge on any atom is 0.235 e. The quantitative estimate of drug-likeness (QED) is 0.717. The number of carboxylic acid groups (broad SMARTS) is 1. The first-order valence-corrected chi connectivity index (χ1v) is 7.95. The van der Waals surface area contributed by atoms with Gasteiger partial charge in [0.1, 0.15) is 11.7 Å². The minimum Gasteiger partial charge on any atom is -0.546 e. The molecule has 25 heavy (non-hydrogen) atoms. The Kier molecular flexibility index (Phi) is 4.51. The molecule has 0 amide bonds. The Labute approximate surface area is 148 Å². The zero-order valence-corrected chi connectivity index (χ0v) is 14.3. The van der Waals surface area contributed by atoms with Crippen LogP contribution in [0.3, 0.4) is 0 Å². The van der Waals surface area contributed by atoms with Gasteiger partial charge in [-0.05, 0) is 55.8 Å². The lowest BCUT2D eigenvalue weighted by Crippen LogP contribution is -2.38. The summed E-state index contributed by atoms with van der Waals surface area (Å²) < 4.78 is 11.2. The number of carbonyl (C=O) groups is 1. The number of aryl methyl sites for hydroxylation is 1. The van der Waals surface area contributed by atoms with E-state index in [2.05, 4.69) is 0 Å². The molecule has 0 N–H and O–H groups in total. The van der Waals surface area contributed by atoms with E-state index in [0.717, 1.165) is 5.56 Å². The molecule has 0 spiro atoms. The Hall–Kier alpha value is -2.79. The number of benzene rings is 2. The number of carboxylic acids is 1. The van der Waals surface area contributed by atoms with Crippen molar-refractivity contribution in [1.29, 1.82) is 0 Å². The highest BCUT2D eigenvalue weighted by Crippen LogP contribution is 2.32. The monoisotopic (exact) mass is 357 g/mol. The molecule has 0 radical (unpaired) electrons.